The second-order valence-corrected chi connectivity index (χ2v) is 6.33. The van der Waals surface area contributed by atoms with Crippen molar-refractivity contribution in [2.24, 2.45) is 0 Å². The molecule has 2 fully saturated rings. The molecule has 2 aliphatic heterocycles. The number of anilines is 1. The summed E-state index contributed by atoms with van der Waals surface area (Å²) in [6, 6.07) is 2.40. The molecule has 1 aromatic rings. The van der Waals surface area contributed by atoms with Crippen LogP contribution in [-0.2, 0) is 15.8 Å². The second kappa shape index (κ2) is 7.48. The van der Waals surface area contributed by atoms with E-state index in [1.54, 1.807) is 4.90 Å². The smallest absolute Gasteiger partial charge is 0.354 e. The zero-order valence-corrected chi connectivity index (χ0v) is 14.1. The molecule has 142 valence electrons. The fourth-order valence-electron chi connectivity index (χ4n) is 3.02. The number of amides is 2. The minimum Gasteiger partial charge on any atom is -0.354 e. The average molecular weight is 371 g/mol. The minimum absolute atomic E-state index is 0.0824. The van der Waals surface area contributed by atoms with Crippen LogP contribution in [0.5, 0.6) is 0 Å². The zero-order valence-electron chi connectivity index (χ0n) is 14.1. The third-order valence-electron chi connectivity index (χ3n) is 4.52. The maximum absolute atomic E-state index is 12.6. The predicted molar refractivity (Wildman–Crippen MR) is 87.5 cm³/mol. The van der Waals surface area contributed by atoms with Crippen LogP contribution in [0.25, 0.3) is 0 Å². The summed E-state index contributed by atoms with van der Waals surface area (Å²) < 4.78 is 37.8. The van der Waals surface area contributed by atoms with Gasteiger partial charge in [0.1, 0.15) is 5.82 Å². The third-order valence-corrected chi connectivity index (χ3v) is 4.52. The maximum Gasteiger partial charge on any atom is 0.417 e. The standard InChI is InChI=1S/C16H20F3N5O2/c17-16(18,19)12-1-2-13(21-9-12)23-7-5-22(6-8-23)11-15(26)24-4-3-20-14(25)10-24/h1-2,9H,3-8,10-11H2,(H,20,25). The molecule has 3 rings (SSSR count). The van der Waals surface area contributed by atoms with Gasteiger partial charge in [-0.15, -0.1) is 0 Å². The molecule has 0 saturated carbocycles. The van der Waals surface area contributed by atoms with Crippen LogP contribution in [0.2, 0.25) is 0 Å². The van der Waals surface area contributed by atoms with E-state index in [0.717, 1.165) is 12.3 Å². The summed E-state index contributed by atoms with van der Waals surface area (Å²) in [5.41, 5.74) is -0.768. The van der Waals surface area contributed by atoms with Crippen molar-refractivity contribution in [2.75, 3.05) is 57.3 Å². The van der Waals surface area contributed by atoms with Gasteiger partial charge in [-0.25, -0.2) is 4.98 Å². The number of pyridine rings is 1. The van der Waals surface area contributed by atoms with E-state index in [4.69, 9.17) is 0 Å². The number of carbonyl (C=O) groups is 2. The van der Waals surface area contributed by atoms with E-state index in [1.165, 1.54) is 6.07 Å². The normalized spacial score (nSPS) is 19.4. The summed E-state index contributed by atoms with van der Waals surface area (Å²) in [4.78, 5) is 32.9. The number of piperazine rings is 2. The van der Waals surface area contributed by atoms with Crippen LogP contribution in [0, 0.1) is 0 Å². The van der Waals surface area contributed by atoms with E-state index in [9.17, 15) is 22.8 Å². The molecule has 0 unspecified atom stereocenters. The van der Waals surface area contributed by atoms with E-state index in [1.807, 2.05) is 9.80 Å². The van der Waals surface area contributed by atoms with Gasteiger partial charge in [-0.05, 0) is 12.1 Å². The van der Waals surface area contributed by atoms with Crippen molar-refractivity contribution < 1.29 is 22.8 Å². The van der Waals surface area contributed by atoms with Crippen molar-refractivity contribution in [1.29, 1.82) is 0 Å². The van der Waals surface area contributed by atoms with Crippen LogP contribution < -0.4 is 10.2 Å². The van der Waals surface area contributed by atoms with Crippen molar-refractivity contribution in [3.05, 3.63) is 23.9 Å². The molecule has 2 saturated heterocycles. The summed E-state index contributed by atoms with van der Waals surface area (Å²) in [7, 11) is 0. The quantitative estimate of drug-likeness (QED) is 0.821. The Bertz CT molecular complexity index is 657. The molecule has 1 N–H and O–H groups in total. The maximum atomic E-state index is 12.6. The van der Waals surface area contributed by atoms with Gasteiger partial charge in [0, 0.05) is 45.5 Å². The lowest BCUT2D eigenvalue weighted by molar-refractivity contribution is -0.139. The third kappa shape index (κ3) is 4.43. The zero-order chi connectivity index (χ0) is 18.7. The van der Waals surface area contributed by atoms with Gasteiger partial charge in [0.2, 0.25) is 11.8 Å². The van der Waals surface area contributed by atoms with Crippen LogP contribution >= 0.6 is 0 Å². The first-order valence-corrected chi connectivity index (χ1v) is 8.38. The Morgan fingerprint density at radius 3 is 2.46 bits per heavy atom. The molecular weight excluding hydrogens is 351 g/mol. The number of hydrogen-bond donors (Lipinski definition) is 1. The number of hydrogen-bond acceptors (Lipinski definition) is 5. The summed E-state index contributed by atoms with van der Waals surface area (Å²) in [6.45, 7) is 3.68. The summed E-state index contributed by atoms with van der Waals surface area (Å²) in [6.07, 6.45) is -3.55. The van der Waals surface area contributed by atoms with Crippen molar-refractivity contribution >= 4 is 17.6 Å². The van der Waals surface area contributed by atoms with Gasteiger partial charge in [0.05, 0.1) is 18.7 Å². The highest BCUT2D eigenvalue weighted by Crippen LogP contribution is 2.29. The van der Waals surface area contributed by atoms with E-state index in [2.05, 4.69) is 10.3 Å². The van der Waals surface area contributed by atoms with Gasteiger partial charge >= 0.3 is 6.18 Å². The Hall–Kier alpha value is -2.36. The highest BCUT2D eigenvalue weighted by molar-refractivity contribution is 5.86. The molecule has 0 atom stereocenters. The van der Waals surface area contributed by atoms with Crippen LogP contribution in [0.3, 0.4) is 0 Å². The van der Waals surface area contributed by atoms with Gasteiger partial charge in [-0.3, -0.25) is 14.5 Å². The van der Waals surface area contributed by atoms with Crippen molar-refractivity contribution in [3.8, 4) is 0 Å². The molecule has 7 nitrogen and oxygen atoms in total. The Labute approximate surface area is 148 Å². The largest absolute Gasteiger partial charge is 0.417 e. The Morgan fingerprint density at radius 2 is 1.88 bits per heavy atom. The molecule has 0 bridgehead atoms. The molecule has 0 radical (unpaired) electrons. The number of halogens is 3. The van der Waals surface area contributed by atoms with E-state index in [-0.39, 0.29) is 24.9 Å². The SMILES string of the molecule is O=C1CN(C(=O)CN2CCN(c3ccc(C(F)(F)F)cn3)CC2)CCN1. The lowest BCUT2D eigenvalue weighted by Crippen LogP contribution is -2.54. The first-order chi connectivity index (χ1) is 12.3. The molecule has 3 heterocycles. The van der Waals surface area contributed by atoms with Gasteiger partial charge in [-0.2, -0.15) is 13.2 Å². The predicted octanol–water partition coefficient (Wildman–Crippen LogP) is 0.181. The van der Waals surface area contributed by atoms with Gasteiger partial charge in [-0.1, -0.05) is 0 Å². The summed E-state index contributed by atoms with van der Waals surface area (Å²) in [5, 5.41) is 2.68. The lowest BCUT2D eigenvalue weighted by atomic mass is 10.2. The number of rotatable bonds is 3. The van der Waals surface area contributed by atoms with Crippen LogP contribution in [0.4, 0.5) is 19.0 Å². The van der Waals surface area contributed by atoms with E-state index in [0.29, 0.717) is 45.1 Å². The van der Waals surface area contributed by atoms with Crippen LogP contribution in [0.15, 0.2) is 18.3 Å². The number of aromatic nitrogens is 1. The first kappa shape index (κ1) is 18.4. The topological polar surface area (TPSA) is 68.8 Å². The van der Waals surface area contributed by atoms with E-state index >= 15 is 0 Å². The number of nitrogens with one attached hydrogen (secondary N) is 1. The van der Waals surface area contributed by atoms with Crippen molar-refractivity contribution in [3.63, 3.8) is 0 Å². The van der Waals surface area contributed by atoms with Crippen molar-refractivity contribution in [1.82, 2.24) is 20.1 Å². The van der Waals surface area contributed by atoms with Gasteiger partial charge in [0.15, 0.2) is 0 Å². The first-order valence-electron chi connectivity index (χ1n) is 8.38. The minimum atomic E-state index is -4.39. The number of nitrogens with zero attached hydrogens (tertiary/aromatic N) is 4. The van der Waals surface area contributed by atoms with E-state index < -0.39 is 11.7 Å². The fourth-order valence-corrected chi connectivity index (χ4v) is 3.02. The lowest BCUT2D eigenvalue weighted by Gasteiger charge is -2.36. The van der Waals surface area contributed by atoms with Crippen molar-refractivity contribution in [2.45, 2.75) is 6.18 Å². The Balaban J connectivity index is 1.49. The molecule has 26 heavy (non-hydrogen) atoms. The molecule has 0 aromatic carbocycles. The molecule has 1 aromatic heterocycles. The number of alkyl halides is 3. The van der Waals surface area contributed by atoms with Crippen LogP contribution in [-0.4, -0.2) is 79.0 Å². The van der Waals surface area contributed by atoms with Gasteiger partial charge < -0.3 is 15.1 Å². The molecule has 0 aliphatic carbocycles. The molecule has 0 spiro atoms. The summed E-state index contributed by atoms with van der Waals surface area (Å²) >= 11 is 0. The second-order valence-electron chi connectivity index (χ2n) is 6.33. The molecule has 2 amide bonds. The van der Waals surface area contributed by atoms with Gasteiger partial charge in [0.25, 0.3) is 0 Å². The Morgan fingerprint density at radius 1 is 1.15 bits per heavy atom. The molecule has 10 heteroatoms. The summed E-state index contributed by atoms with van der Waals surface area (Å²) in [5.74, 6) is 0.264. The van der Waals surface area contributed by atoms with Crippen LogP contribution in [0.1, 0.15) is 5.56 Å². The monoisotopic (exact) mass is 371 g/mol. The highest BCUT2D eigenvalue weighted by atomic mass is 19.4. The number of carbonyl (C=O) groups excluding carboxylic acids is 2. The fraction of sp³-hybridized carbons (Fsp3) is 0.562. The average Bonchev–Trinajstić information content (AvgIpc) is 2.62. The highest BCUT2D eigenvalue weighted by Gasteiger charge is 2.31. The molecule has 2 aliphatic rings. The Kier molecular flexibility index (Phi) is 5.30. The molecular formula is C16H20F3N5O2.